The molecule has 0 saturated carbocycles. The zero-order valence-corrected chi connectivity index (χ0v) is 15.1. The Morgan fingerprint density at radius 1 is 1.16 bits per heavy atom. The molecule has 25 heavy (non-hydrogen) atoms. The predicted molar refractivity (Wildman–Crippen MR) is 106 cm³/mol. The molecule has 126 valence electrons. The minimum atomic E-state index is 0.711. The zero-order valence-electron chi connectivity index (χ0n) is 13.5. The summed E-state index contributed by atoms with van der Waals surface area (Å²) in [5, 5.41) is 12.4. The SMILES string of the molecule is S=C(Nc1ccccc1)N1CCc2[nH]nc(-c3cccc(Cl)c3)c2C1. The van der Waals surface area contributed by atoms with Crippen molar-refractivity contribution in [1.82, 2.24) is 15.1 Å². The van der Waals surface area contributed by atoms with Gasteiger partial charge in [0.2, 0.25) is 0 Å². The molecule has 0 aliphatic carbocycles. The van der Waals surface area contributed by atoms with Gasteiger partial charge in [0.05, 0.1) is 5.69 Å². The minimum Gasteiger partial charge on any atom is -0.344 e. The number of anilines is 1. The Morgan fingerprint density at radius 2 is 2.00 bits per heavy atom. The van der Waals surface area contributed by atoms with Crippen LogP contribution in [0, 0.1) is 0 Å². The Hall–Kier alpha value is -2.37. The standard InChI is InChI=1S/C19H17ClN4S/c20-14-6-4-5-13(11-14)18-16-12-24(10-9-17(16)22-23-18)19(25)21-15-7-2-1-3-8-15/h1-8,11H,9-10,12H2,(H,21,25)(H,22,23). The summed E-state index contributed by atoms with van der Waals surface area (Å²) in [5.41, 5.74) is 5.33. The summed E-state index contributed by atoms with van der Waals surface area (Å²) in [6, 6.07) is 17.8. The molecule has 2 N–H and O–H groups in total. The van der Waals surface area contributed by atoms with E-state index in [-0.39, 0.29) is 0 Å². The Labute approximate surface area is 156 Å². The van der Waals surface area contributed by atoms with Crippen LogP contribution in [0.2, 0.25) is 5.02 Å². The van der Waals surface area contributed by atoms with Gasteiger partial charge in [-0.1, -0.05) is 41.9 Å². The van der Waals surface area contributed by atoms with Crippen molar-refractivity contribution in [2.45, 2.75) is 13.0 Å². The molecule has 1 aliphatic heterocycles. The van der Waals surface area contributed by atoms with E-state index >= 15 is 0 Å². The van der Waals surface area contributed by atoms with Crippen LogP contribution in [-0.2, 0) is 13.0 Å². The van der Waals surface area contributed by atoms with Gasteiger partial charge < -0.3 is 10.2 Å². The van der Waals surface area contributed by atoms with Crippen molar-refractivity contribution in [1.29, 1.82) is 0 Å². The maximum atomic E-state index is 6.14. The van der Waals surface area contributed by atoms with Crippen molar-refractivity contribution in [2.24, 2.45) is 0 Å². The lowest BCUT2D eigenvalue weighted by atomic mass is 10.0. The van der Waals surface area contributed by atoms with Gasteiger partial charge >= 0.3 is 0 Å². The van der Waals surface area contributed by atoms with Gasteiger partial charge in [-0.05, 0) is 36.5 Å². The van der Waals surface area contributed by atoms with E-state index in [4.69, 9.17) is 23.8 Å². The Morgan fingerprint density at radius 3 is 2.80 bits per heavy atom. The van der Waals surface area contributed by atoms with Gasteiger partial charge in [-0.2, -0.15) is 5.10 Å². The van der Waals surface area contributed by atoms with Crippen molar-refractivity contribution < 1.29 is 0 Å². The second-order valence-electron chi connectivity index (χ2n) is 6.01. The summed E-state index contributed by atoms with van der Waals surface area (Å²) in [6.45, 7) is 1.59. The smallest absolute Gasteiger partial charge is 0.173 e. The fourth-order valence-electron chi connectivity index (χ4n) is 3.07. The molecule has 2 heterocycles. The molecule has 6 heteroatoms. The van der Waals surface area contributed by atoms with Crippen molar-refractivity contribution in [2.75, 3.05) is 11.9 Å². The van der Waals surface area contributed by atoms with Crippen molar-refractivity contribution >= 4 is 34.6 Å². The van der Waals surface area contributed by atoms with Crippen LogP contribution in [0.1, 0.15) is 11.3 Å². The number of nitrogens with zero attached hydrogens (tertiary/aromatic N) is 2. The van der Waals surface area contributed by atoms with Crippen LogP contribution in [0.25, 0.3) is 11.3 Å². The van der Waals surface area contributed by atoms with Gasteiger partial charge in [0, 0.05) is 47.0 Å². The van der Waals surface area contributed by atoms with Crippen molar-refractivity contribution in [3.8, 4) is 11.3 Å². The molecular weight excluding hydrogens is 352 g/mol. The van der Waals surface area contributed by atoms with Gasteiger partial charge in [0.1, 0.15) is 0 Å². The van der Waals surface area contributed by atoms with Gasteiger partial charge in [0.15, 0.2) is 5.11 Å². The topological polar surface area (TPSA) is 44.0 Å². The van der Waals surface area contributed by atoms with Gasteiger partial charge in [-0.3, -0.25) is 5.10 Å². The van der Waals surface area contributed by atoms with Crippen molar-refractivity contribution in [3.05, 3.63) is 70.9 Å². The van der Waals surface area contributed by atoms with E-state index < -0.39 is 0 Å². The number of thiocarbonyl (C=S) groups is 1. The molecule has 0 amide bonds. The largest absolute Gasteiger partial charge is 0.344 e. The molecular formula is C19H17ClN4S. The molecule has 0 radical (unpaired) electrons. The number of aromatic amines is 1. The number of hydrogen-bond acceptors (Lipinski definition) is 2. The highest BCUT2D eigenvalue weighted by Crippen LogP contribution is 2.30. The zero-order chi connectivity index (χ0) is 17.2. The number of aromatic nitrogens is 2. The Balaban J connectivity index is 1.56. The van der Waals surface area contributed by atoms with E-state index in [0.29, 0.717) is 5.02 Å². The highest BCUT2D eigenvalue weighted by Gasteiger charge is 2.24. The Bertz CT molecular complexity index is 907. The van der Waals surface area contributed by atoms with Crippen LogP contribution in [0.5, 0.6) is 0 Å². The number of para-hydroxylation sites is 1. The van der Waals surface area contributed by atoms with Crippen LogP contribution < -0.4 is 5.32 Å². The Kier molecular flexibility index (Phi) is 4.42. The monoisotopic (exact) mass is 368 g/mol. The predicted octanol–water partition coefficient (Wildman–Crippen LogP) is 4.49. The third kappa shape index (κ3) is 3.38. The van der Waals surface area contributed by atoms with E-state index in [9.17, 15) is 0 Å². The first kappa shape index (κ1) is 16.1. The van der Waals surface area contributed by atoms with Crippen LogP contribution in [0.4, 0.5) is 5.69 Å². The van der Waals surface area contributed by atoms with E-state index in [1.165, 1.54) is 11.3 Å². The van der Waals surface area contributed by atoms with E-state index in [1.54, 1.807) is 0 Å². The van der Waals surface area contributed by atoms with Crippen LogP contribution in [0.15, 0.2) is 54.6 Å². The summed E-state index contributed by atoms with van der Waals surface area (Å²) in [6.07, 6.45) is 0.888. The number of H-pyrrole nitrogens is 1. The second-order valence-corrected chi connectivity index (χ2v) is 6.83. The molecule has 4 nitrogen and oxygen atoms in total. The summed E-state index contributed by atoms with van der Waals surface area (Å²) in [7, 11) is 0. The minimum absolute atomic E-state index is 0.711. The van der Waals surface area contributed by atoms with Crippen LogP contribution in [0.3, 0.4) is 0 Å². The number of rotatable bonds is 2. The molecule has 1 aliphatic rings. The number of fused-ring (bicyclic) bond motifs is 1. The van der Waals surface area contributed by atoms with Crippen LogP contribution in [-0.4, -0.2) is 26.8 Å². The molecule has 0 fully saturated rings. The molecule has 1 aromatic heterocycles. The number of halogens is 1. The maximum Gasteiger partial charge on any atom is 0.173 e. The van der Waals surface area contributed by atoms with Crippen LogP contribution >= 0.6 is 23.8 Å². The van der Waals surface area contributed by atoms with E-state index in [0.717, 1.165) is 41.6 Å². The average molecular weight is 369 g/mol. The molecule has 0 bridgehead atoms. The van der Waals surface area contributed by atoms with E-state index in [2.05, 4.69) is 20.4 Å². The lowest BCUT2D eigenvalue weighted by molar-refractivity contribution is 0.398. The fraction of sp³-hybridized carbons (Fsp3) is 0.158. The number of nitrogens with one attached hydrogen (secondary N) is 2. The first-order valence-electron chi connectivity index (χ1n) is 8.14. The first-order valence-corrected chi connectivity index (χ1v) is 8.92. The highest BCUT2D eigenvalue weighted by atomic mass is 35.5. The second kappa shape index (κ2) is 6.86. The maximum absolute atomic E-state index is 6.14. The summed E-state index contributed by atoms with van der Waals surface area (Å²) in [4.78, 5) is 2.17. The van der Waals surface area contributed by atoms with Gasteiger partial charge in [-0.15, -0.1) is 0 Å². The van der Waals surface area contributed by atoms with E-state index in [1.807, 2.05) is 54.6 Å². The molecule has 3 aromatic rings. The van der Waals surface area contributed by atoms with Crippen molar-refractivity contribution in [3.63, 3.8) is 0 Å². The van der Waals surface area contributed by atoms with Gasteiger partial charge in [0.25, 0.3) is 0 Å². The third-order valence-corrected chi connectivity index (χ3v) is 4.94. The molecule has 2 aromatic carbocycles. The first-order chi connectivity index (χ1) is 12.2. The summed E-state index contributed by atoms with van der Waals surface area (Å²) >= 11 is 11.7. The fourth-order valence-corrected chi connectivity index (χ4v) is 3.53. The molecule has 0 saturated heterocycles. The molecule has 0 atom stereocenters. The third-order valence-electron chi connectivity index (χ3n) is 4.34. The van der Waals surface area contributed by atoms with Gasteiger partial charge in [-0.25, -0.2) is 0 Å². The average Bonchev–Trinajstić information content (AvgIpc) is 3.05. The lowest BCUT2D eigenvalue weighted by Gasteiger charge is -2.29. The number of hydrogen-bond donors (Lipinski definition) is 2. The highest BCUT2D eigenvalue weighted by molar-refractivity contribution is 7.80. The quantitative estimate of drug-likeness (QED) is 0.654. The lowest BCUT2D eigenvalue weighted by Crippen LogP contribution is -2.38. The normalized spacial score (nSPS) is 13.4. The molecule has 0 unspecified atom stereocenters. The summed E-state index contributed by atoms with van der Waals surface area (Å²) in [5.74, 6) is 0. The number of benzene rings is 2. The summed E-state index contributed by atoms with van der Waals surface area (Å²) < 4.78 is 0. The molecule has 0 spiro atoms. The molecule has 4 rings (SSSR count).